The van der Waals surface area contributed by atoms with Gasteiger partial charge in [-0.1, -0.05) is 69.3 Å². The van der Waals surface area contributed by atoms with E-state index >= 15 is 0 Å². The van der Waals surface area contributed by atoms with Crippen LogP contribution in [0.1, 0.15) is 80.5 Å². The largest absolute Gasteiger partial charge is 0.371 e. The van der Waals surface area contributed by atoms with Crippen LogP contribution in [0.15, 0.2) is 85.3 Å². The van der Waals surface area contributed by atoms with E-state index in [-0.39, 0.29) is 11.8 Å². The van der Waals surface area contributed by atoms with Crippen molar-refractivity contribution in [1.82, 2.24) is 19.9 Å². The van der Waals surface area contributed by atoms with Crippen molar-refractivity contribution in [3.63, 3.8) is 0 Å². The molecule has 3 aromatic carbocycles. The Labute approximate surface area is 279 Å². The van der Waals surface area contributed by atoms with Gasteiger partial charge >= 0.3 is 0 Å². The molecule has 1 N–H and O–H groups in total. The maximum Gasteiger partial charge on any atom is 0.227 e. The fourth-order valence-corrected chi connectivity index (χ4v) is 6.74. The molecule has 6 rings (SSSR count). The van der Waals surface area contributed by atoms with E-state index in [1.807, 2.05) is 18.4 Å². The van der Waals surface area contributed by atoms with Crippen LogP contribution in [0.5, 0.6) is 0 Å². The van der Waals surface area contributed by atoms with Gasteiger partial charge in [-0.2, -0.15) is 5.10 Å². The number of likely N-dealkylation sites (N-methyl/N-ethyl adjacent to an activating group) is 1. The highest BCUT2D eigenvalue weighted by atomic mass is 16.1. The first-order valence-electron chi connectivity index (χ1n) is 17.0. The number of aryl methyl sites for hydroxylation is 2. The smallest absolute Gasteiger partial charge is 0.227 e. The Bertz CT molecular complexity index is 1780. The minimum absolute atomic E-state index is 0.0412. The van der Waals surface area contributed by atoms with Gasteiger partial charge in [0.2, 0.25) is 5.91 Å². The van der Waals surface area contributed by atoms with Gasteiger partial charge in [0.1, 0.15) is 12.6 Å². The molecule has 0 aliphatic carbocycles. The van der Waals surface area contributed by atoms with Crippen LogP contribution in [-0.4, -0.2) is 46.9 Å². The highest BCUT2D eigenvalue weighted by Gasteiger charge is 2.23. The highest BCUT2D eigenvalue weighted by molar-refractivity contribution is 5.84. The van der Waals surface area contributed by atoms with E-state index in [1.165, 1.54) is 22.4 Å². The lowest BCUT2D eigenvalue weighted by molar-refractivity contribution is -0.122. The van der Waals surface area contributed by atoms with Gasteiger partial charge in [-0.15, -0.1) is 0 Å². The molecule has 0 spiro atoms. The Kier molecular flexibility index (Phi) is 11.2. The second kappa shape index (κ2) is 15.7. The van der Waals surface area contributed by atoms with Crippen molar-refractivity contribution in [2.24, 2.45) is 0 Å². The molecule has 1 aliphatic rings. The molecule has 7 heteroatoms. The van der Waals surface area contributed by atoms with Gasteiger partial charge in [-0.3, -0.25) is 4.79 Å². The Morgan fingerprint density at radius 1 is 0.957 bits per heavy atom. The molecule has 2 aromatic heterocycles. The highest BCUT2D eigenvalue weighted by Crippen LogP contribution is 2.34. The summed E-state index contributed by atoms with van der Waals surface area (Å²) >= 11 is 0. The number of rotatable bonds is 10. The molecule has 1 aliphatic heterocycles. The molecular formula is C40H47N5O2. The van der Waals surface area contributed by atoms with Gasteiger partial charge in [0.25, 0.3) is 0 Å². The number of benzene rings is 3. The fraction of sp³-hybridized carbons (Fsp3) is 0.350. The molecule has 1 atom stereocenters. The lowest BCUT2D eigenvalue weighted by Crippen LogP contribution is -2.32. The van der Waals surface area contributed by atoms with Crippen molar-refractivity contribution in [2.45, 2.75) is 71.6 Å². The standard InChI is InChI=1S/C38H41N5O2.C2H6/c1-4-27-7-12-32(22-26(27)2)37-36-23-33(24-43(36)41-25-40-37)29-13-15-34(16-14-29)42-19-17-30(18-20-42)28-8-10-31(11-9-28)35(6-5-21-44)38(45)39-3;1-2/h7-16,21-25,30,35H,4-6,17-20H2,1-3H3,(H,39,45);1-2H3. The number of hydrogen-bond donors (Lipinski definition) is 1. The van der Waals surface area contributed by atoms with Crippen molar-refractivity contribution in [2.75, 3.05) is 25.0 Å². The number of aromatic nitrogens is 3. The molecular weight excluding hydrogens is 582 g/mol. The summed E-state index contributed by atoms with van der Waals surface area (Å²) in [6, 6.07) is 26.1. The molecule has 1 fully saturated rings. The van der Waals surface area contributed by atoms with Crippen LogP contribution in [0.3, 0.4) is 0 Å². The van der Waals surface area contributed by atoms with Crippen LogP contribution in [-0.2, 0) is 16.0 Å². The lowest BCUT2D eigenvalue weighted by atomic mass is 9.86. The third kappa shape index (κ3) is 7.46. The molecule has 0 radical (unpaired) electrons. The second-order valence-corrected chi connectivity index (χ2v) is 12.0. The maximum absolute atomic E-state index is 12.4. The molecule has 7 nitrogen and oxygen atoms in total. The van der Waals surface area contributed by atoms with Crippen molar-refractivity contribution in [3.05, 3.63) is 108 Å². The van der Waals surface area contributed by atoms with E-state index < -0.39 is 0 Å². The number of aldehydes is 1. The van der Waals surface area contributed by atoms with Crippen LogP contribution >= 0.6 is 0 Å². The number of carbonyl (C=O) groups excluding carboxylic acids is 2. The maximum atomic E-state index is 12.4. The van der Waals surface area contributed by atoms with E-state index in [2.05, 4.69) is 113 Å². The van der Waals surface area contributed by atoms with Crippen LogP contribution in [0.2, 0.25) is 0 Å². The van der Waals surface area contributed by atoms with Crippen LogP contribution in [0, 0.1) is 6.92 Å². The zero-order valence-electron chi connectivity index (χ0n) is 28.4. The van der Waals surface area contributed by atoms with Crippen LogP contribution < -0.4 is 10.2 Å². The number of anilines is 1. The van der Waals surface area contributed by atoms with Gasteiger partial charge in [-0.25, -0.2) is 9.50 Å². The summed E-state index contributed by atoms with van der Waals surface area (Å²) in [5.41, 5.74) is 11.5. The zero-order valence-corrected chi connectivity index (χ0v) is 28.4. The molecule has 1 unspecified atom stereocenters. The van der Waals surface area contributed by atoms with Gasteiger partial charge in [-0.05, 0) is 90.6 Å². The zero-order chi connectivity index (χ0) is 33.3. The predicted octanol–water partition coefficient (Wildman–Crippen LogP) is 8.15. The van der Waals surface area contributed by atoms with E-state index in [1.54, 1.807) is 13.4 Å². The van der Waals surface area contributed by atoms with E-state index in [0.29, 0.717) is 18.8 Å². The third-order valence-electron chi connectivity index (χ3n) is 9.41. The molecule has 3 heterocycles. The van der Waals surface area contributed by atoms with Gasteiger partial charge in [0, 0.05) is 49.6 Å². The van der Waals surface area contributed by atoms with Crippen LogP contribution in [0.25, 0.3) is 27.9 Å². The molecule has 0 saturated carbocycles. The summed E-state index contributed by atoms with van der Waals surface area (Å²) in [6.07, 6.45) is 8.69. The topological polar surface area (TPSA) is 79.6 Å². The molecule has 1 amide bonds. The number of nitrogens with zero attached hydrogens (tertiary/aromatic N) is 4. The Hall–Kier alpha value is -4.78. The number of carbonyl (C=O) groups is 2. The van der Waals surface area contributed by atoms with E-state index in [0.717, 1.165) is 72.1 Å². The Morgan fingerprint density at radius 3 is 2.30 bits per heavy atom. The summed E-state index contributed by atoms with van der Waals surface area (Å²) in [4.78, 5) is 30.4. The molecule has 5 aromatic rings. The lowest BCUT2D eigenvalue weighted by Gasteiger charge is -2.34. The minimum Gasteiger partial charge on any atom is -0.371 e. The summed E-state index contributed by atoms with van der Waals surface area (Å²) in [6.45, 7) is 10.3. The number of fused-ring (bicyclic) bond motifs is 1. The predicted molar refractivity (Wildman–Crippen MR) is 192 cm³/mol. The second-order valence-electron chi connectivity index (χ2n) is 12.0. The quantitative estimate of drug-likeness (QED) is 0.158. The van der Waals surface area contributed by atoms with Crippen molar-refractivity contribution in [1.29, 1.82) is 0 Å². The Balaban J connectivity index is 0.00000213. The van der Waals surface area contributed by atoms with Gasteiger partial charge in [0.15, 0.2) is 0 Å². The van der Waals surface area contributed by atoms with Crippen LogP contribution in [0.4, 0.5) is 5.69 Å². The summed E-state index contributed by atoms with van der Waals surface area (Å²) in [5.74, 6) is 0.163. The molecule has 244 valence electrons. The first kappa shape index (κ1) is 33.6. The number of nitrogens with one attached hydrogen (secondary N) is 1. The van der Waals surface area contributed by atoms with Gasteiger partial charge < -0.3 is 15.0 Å². The first-order chi connectivity index (χ1) is 23.0. The van der Waals surface area contributed by atoms with Gasteiger partial charge in [0.05, 0.1) is 17.1 Å². The van der Waals surface area contributed by atoms with E-state index in [9.17, 15) is 9.59 Å². The number of amides is 1. The minimum atomic E-state index is -0.290. The summed E-state index contributed by atoms with van der Waals surface area (Å²) in [7, 11) is 1.65. The summed E-state index contributed by atoms with van der Waals surface area (Å²) in [5, 5.41) is 7.23. The van der Waals surface area contributed by atoms with Crippen molar-refractivity contribution < 1.29 is 9.59 Å². The molecule has 0 bridgehead atoms. The molecule has 1 saturated heterocycles. The number of hydrogen-bond acceptors (Lipinski definition) is 5. The fourth-order valence-electron chi connectivity index (χ4n) is 6.74. The third-order valence-corrected chi connectivity index (χ3v) is 9.41. The normalized spacial score (nSPS) is 13.9. The monoisotopic (exact) mass is 629 g/mol. The SMILES string of the molecule is CC.CCc1ccc(-c2ncnn3cc(-c4ccc(N5CCC(c6ccc(C(CCC=O)C(=O)NC)cc6)CC5)cc4)cc23)cc1C. The first-order valence-corrected chi connectivity index (χ1v) is 17.0. The van der Waals surface area contributed by atoms with E-state index in [4.69, 9.17) is 0 Å². The molecule has 47 heavy (non-hydrogen) atoms. The average Bonchev–Trinajstić information content (AvgIpc) is 3.58. The summed E-state index contributed by atoms with van der Waals surface area (Å²) < 4.78 is 1.93. The van der Waals surface area contributed by atoms with Crippen molar-refractivity contribution >= 4 is 23.4 Å². The van der Waals surface area contributed by atoms with Crippen molar-refractivity contribution in [3.8, 4) is 22.4 Å². The Morgan fingerprint density at radius 2 is 1.66 bits per heavy atom. The number of piperidine rings is 1. The average molecular weight is 630 g/mol.